The third-order valence-electron chi connectivity index (χ3n) is 4.26. The van der Waals surface area contributed by atoms with Gasteiger partial charge < -0.3 is 15.0 Å². The van der Waals surface area contributed by atoms with Gasteiger partial charge in [-0.3, -0.25) is 9.69 Å². The molecule has 0 spiro atoms. The van der Waals surface area contributed by atoms with Gasteiger partial charge in [0.25, 0.3) is 11.7 Å². The zero-order chi connectivity index (χ0) is 16.9. The second-order valence-corrected chi connectivity index (χ2v) is 5.86. The predicted molar refractivity (Wildman–Crippen MR) is 87.7 cm³/mol. The molecule has 1 aromatic heterocycles. The van der Waals surface area contributed by atoms with Crippen LogP contribution in [0.25, 0.3) is 0 Å². The highest BCUT2D eigenvalue weighted by Crippen LogP contribution is 2.30. The molecule has 1 fully saturated rings. The number of nitrogens with zero attached hydrogens (tertiary/aromatic N) is 3. The summed E-state index contributed by atoms with van der Waals surface area (Å²) in [6, 6.07) is 8.17. The van der Waals surface area contributed by atoms with Crippen LogP contribution >= 0.6 is 0 Å². The van der Waals surface area contributed by atoms with Crippen LogP contribution in [0, 0.1) is 0 Å². The Morgan fingerprint density at radius 3 is 3.12 bits per heavy atom. The molecule has 128 valence electrons. The third-order valence-corrected chi connectivity index (χ3v) is 4.26. The Hall–Kier alpha value is -2.41. The van der Waals surface area contributed by atoms with E-state index in [1.165, 1.54) is 5.56 Å². The SMILES string of the molecule is CCc1cccc(OCCN2CCCC2c2nc(C(N)=O)no2)c1. The molecule has 24 heavy (non-hydrogen) atoms. The molecule has 1 unspecified atom stereocenters. The molecule has 7 heteroatoms. The van der Waals surface area contributed by atoms with Gasteiger partial charge in [-0.15, -0.1) is 0 Å². The van der Waals surface area contributed by atoms with Gasteiger partial charge in [0.05, 0.1) is 6.04 Å². The van der Waals surface area contributed by atoms with Crippen LogP contribution in [-0.4, -0.2) is 40.6 Å². The predicted octanol–water partition coefficient (Wildman–Crippen LogP) is 1.95. The van der Waals surface area contributed by atoms with E-state index in [0.29, 0.717) is 12.5 Å². The molecule has 1 aliphatic heterocycles. The number of carbonyl (C=O) groups excluding carboxylic acids is 1. The quantitative estimate of drug-likeness (QED) is 0.834. The van der Waals surface area contributed by atoms with E-state index < -0.39 is 5.91 Å². The molecule has 1 aliphatic rings. The number of likely N-dealkylation sites (tertiary alicyclic amines) is 1. The fraction of sp³-hybridized carbons (Fsp3) is 0.471. The van der Waals surface area contributed by atoms with Crippen molar-refractivity contribution < 1.29 is 14.1 Å². The maximum Gasteiger partial charge on any atom is 0.290 e. The maximum atomic E-state index is 11.1. The molecule has 0 radical (unpaired) electrons. The van der Waals surface area contributed by atoms with E-state index >= 15 is 0 Å². The van der Waals surface area contributed by atoms with Gasteiger partial charge in [0, 0.05) is 6.54 Å². The lowest BCUT2D eigenvalue weighted by molar-refractivity contribution is 0.0987. The summed E-state index contributed by atoms with van der Waals surface area (Å²) in [6.45, 7) is 4.41. The van der Waals surface area contributed by atoms with Crippen molar-refractivity contribution in [2.45, 2.75) is 32.2 Å². The average molecular weight is 330 g/mol. The number of rotatable bonds is 7. The van der Waals surface area contributed by atoms with E-state index in [-0.39, 0.29) is 11.9 Å². The number of amides is 1. The summed E-state index contributed by atoms with van der Waals surface area (Å²) in [7, 11) is 0. The highest BCUT2D eigenvalue weighted by molar-refractivity contribution is 5.88. The number of benzene rings is 1. The number of hydrogen-bond donors (Lipinski definition) is 1. The van der Waals surface area contributed by atoms with Gasteiger partial charge in [0.15, 0.2) is 0 Å². The number of carbonyl (C=O) groups is 1. The van der Waals surface area contributed by atoms with Gasteiger partial charge in [-0.2, -0.15) is 4.98 Å². The normalized spacial score (nSPS) is 18.0. The Labute approximate surface area is 140 Å². The van der Waals surface area contributed by atoms with E-state index in [9.17, 15) is 4.79 Å². The maximum absolute atomic E-state index is 11.1. The van der Waals surface area contributed by atoms with Crippen molar-refractivity contribution in [2.75, 3.05) is 19.7 Å². The first kappa shape index (κ1) is 16.4. The van der Waals surface area contributed by atoms with Crippen LogP contribution in [0.2, 0.25) is 0 Å². The Bertz CT molecular complexity index is 701. The minimum absolute atomic E-state index is 0.0242. The zero-order valence-electron chi connectivity index (χ0n) is 13.8. The Balaban J connectivity index is 1.56. The van der Waals surface area contributed by atoms with Crippen LogP contribution in [0.4, 0.5) is 0 Å². The Morgan fingerprint density at radius 1 is 1.50 bits per heavy atom. The smallest absolute Gasteiger partial charge is 0.290 e. The lowest BCUT2D eigenvalue weighted by Gasteiger charge is -2.21. The van der Waals surface area contributed by atoms with E-state index in [2.05, 4.69) is 34.1 Å². The highest BCUT2D eigenvalue weighted by Gasteiger charge is 2.31. The van der Waals surface area contributed by atoms with Crippen LogP contribution in [0.5, 0.6) is 5.75 Å². The standard InChI is InChI=1S/C17H22N4O3/c1-2-12-5-3-6-13(11-12)23-10-9-21-8-4-7-14(21)17-19-16(15(18)22)20-24-17/h3,5-6,11,14H,2,4,7-10H2,1H3,(H2,18,22). The molecule has 1 saturated heterocycles. The van der Waals surface area contributed by atoms with E-state index in [1.54, 1.807) is 0 Å². The molecule has 0 aliphatic carbocycles. The number of aryl methyl sites for hydroxylation is 1. The number of ether oxygens (including phenoxy) is 1. The summed E-state index contributed by atoms with van der Waals surface area (Å²) in [5, 5.41) is 3.62. The molecular formula is C17H22N4O3. The molecule has 0 bridgehead atoms. The molecule has 1 aromatic carbocycles. The minimum Gasteiger partial charge on any atom is -0.492 e. The monoisotopic (exact) mass is 330 g/mol. The highest BCUT2D eigenvalue weighted by atomic mass is 16.5. The lowest BCUT2D eigenvalue weighted by atomic mass is 10.2. The number of nitrogens with two attached hydrogens (primary N) is 1. The largest absolute Gasteiger partial charge is 0.492 e. The summed E-state index contributed by atoms with van der Waals surface area (Å²) in [5.74, 6) is 0.603. The molecule has 1 amide bonds. The van der Waals surface area contributed by atoms with Crippen LogP contribution in [-0.2, 0) is 6.42 Å². The number of primary amides is 1. The molecule has 1 atom stereocenters. The van der Waals surface area contributed by atoms with Crippen LogP contribution in [0.15, 0.2) is 28.8 Å². The topological polar surface area (TPSA) is 94.5 Å². The fourth-order valence-corrected chi connectivity index (χ4v) is 2.98. The second-order valence-electron chi connectivity index (χ2n) is 5.86. The van der Waals surface area contributed by atoms with Gasteiger partial charge in [-0.1, -0.05) is 24.2 Å². The fourth-order valence-electron chi connectivity index (χ4n) is 2.98. The molecule has 2 N–H and O–H groups in total. The average Bonchev–Trinajstić information content (AvgIpc) is 3.24. The molecule has 0 saturated carbocycles. The lowest BCUT2D eigenvalue weighted by Crippen LogP contribution is -2.28. The molecule has 3 rings (SSSR count). The summed E-state index contributed by atoms with van der Waals surface area (Å²) < 4.78 is 11.0. The van der Waals surface area contributed by atoms with E-state index in [4.69, 9.17) is 15.0 Å². The van der Waals surface area contributed by atoms with Crippen molar-refractivity contribution in [3.05, 3.63) is 41.5 Å². The van der Waals surface area contributed by atoms with Crippen molar-refractivity contribution in [1.82, 2.24) is 15.0 Å². The molecule has 7 nitrogen and oxygen atoms in total. The minimum atomic E-state index is -0.673. The van der Waals surface area contributed by atoms with Crippen molar-refractivity contribution in [2.24, 2.45) is 5.73 Å². The van der Waals surface area contributed by atoms with Crippen molar-refractivity contribution in [3.8, 4) is 5.75 Å². The van der Waals surface area contributed by atoms with Gasteiger partial charge >= 0.3 is 0 Å². The number of hydrogen-bond acceptors (Lipinski definition) is 6. The van der Waals surface area contributed by atoms with Crippen molar-refractivity contribution in [1.29, 1.82) is 0 Å². The molecule has 2 aromatic rings. The van der Waals surface area contributed by atoms with Gasteiger partial charge in [0.1, 0.15) is 12.4 Å². The van der Waals surface area contributed by atoms with Gasteiger partial charge in [0.2, 0.25) is 5.89 Å². The van der Waals surface area contributed by atoms with Gasteiger partial charge in [-0.05, 0) is 43.5 Å². The first-order chi connectivity index (χ1) is 11.7. The summed E-state index contributed by atoms with van der Waals surface area (Å²) in [6.07, 6.45) is 2.96. The van der Waals surface area contributed by atoms with E-state index in [1.807, 2.05) is 12.1 Å². The van der Waals surface area contributed by atoms with Crippen LogP contribution in [0.1, 0.15) is 47.9 Å². The number of aromatic nitrogens is 2. The van der Waals surface area contributed by atoms with Crippen LogP contribution in [0.3, 0.4) is 0 Å². The van der Waals surface area contributed by atoms with Crippen molar-refractivity contribution >= 4 is 5.91 Å². The summed E-state index contributed by atoms with van der Waals surface area (Å²) in [5.41, 5.74) is 6.43. The summed E-state index contributed by atoms with van der Waals surface area (Å²) >= 11 is 0. The zero-order valence-corrected chi connectivity index (χ0v) is 13.8. The second kappa shape index (κ2) is 7.44. The first-order valence-corrected chi connectivity index (χ1v) is 8.26. The molecule has 2 heterocycles. The summed E-state index contributed by atoms with van der Waals surface area (Å²) in [4.78, 5) is 17.4. The van der Waals surface area contributed by atoms with Crippen LogP contribution < -0.4 is 10.5 Å². The Morgan fingerprint density at radius 2 is 2.38 bits per heavy atom. The Kier molecular flexibility index (Phi) is 5.10. The third kappa shape index (κ3) is 3.73. The van der Waals surface area contributed by atoms with Crippen molar-refractivity contribution in [3.63, 3.8) is 0 Å². The molecular weight excluding hydrogens is 308 g/mol. The van der Waals surface area contributed by atoms with E-state index in [0.717, 1.165) is 38.1 Å². The van der Waals surface area contributed by atoms with Gasteiger partial charge in [-0.25, -0.2) is 0 Å². The first-order valence-electron chi connectivity index (χ1n) is 8.26.